The van der Waals surface area contributed by atoms with Crippen LogP contribution in [0.25, 0.3) is 0 Å². The van der Waals surface area contributed by atoms with Crippen molar-refractivity contribution < 1.29 is 4.79 Å². The summed E-state index contributed by atoms with van der Waals surface area (Å²) in [6.45, 7) is 0.854. The third-order valence-electron chi connectivity index (χ3n) is 2.32. The Morgan fingerprint density at radius 2 is 2.57 bits per heavy atom. The van der Waals surface area contributed by atoms with Crippen molar-refractivity contribution in [2.45, 2.75) is 18.9 Å². The van der Waals surface area contributed by atoms with Crippen LogP contribution in [-0.2, 0) is 4.79 Å². The summed E-state index contributed by atoms with van der Waals surface area (Å²) in [7, 11) is 1.83. The molecule has 1 aromatic rings. The van der Waals surface area contributed by atoms with Gasteiger partial charge in [-0.3, -0.25) is 4.79 Å². The number of carbonyl (C=O) groups excluding carboxylic acids is 1. The highest BCUT2D eigenvalue weighted by Gasteiger charge is 2.26. The Hall–Kier alpha value is -1.17. The minimum absolute atomic E-state index is 0.123. The predicted molar refractivity (Wildman–Crippen MR) is 54.2 cm³/mol. The lowest BCUT2D eigenvalue weighted by molar-refractivity contribution is -0.132. The number of aromatic nitrogens is 2. The molecule has 1 fully saturated rings. The van der Waals surface area contributed by atoms with Crippen LogP contribution < -0.4 is 5.32 Å². The number of rotatable bonds is 2. The van der Waals surface area contributed by atoms with Crippen LogP contribution in [0, 0.1) is 0 Å². The van der Waals surface area contributed by atoms with Gasteiger partial charge in [-0.1, -0.05) is 0 Å². The van der Waals surface area contributed by atoms with E-state index in [1.807, 2.05) is 7.05 Å². The highest BCUT2D eigenvalue weighted by molar-refractivity contribution is 7.09. The summed E-state index contributed by atoms with van der Waals surface area (Å²) in [6.07, 6.45) is 3.41. The minimum Gasteiger partial charge on any atom is -0.349 e. The zero-order valence-electron chi connectivity index (χ0n) is 7.93. The molecule has 2 heterocycles. The van der Waals surface area contributed by atoms with Gasteiger partial charge in [-0.15, -0.1) is 0 Å². The number of carbonyl (C=O) groups is 1. The van der Waals surface area contributed by atoms with Crippen molar-refractivity contribution in [2.75, 3.05) is 18.9 Å². The molecule has 2 rings (SSSR count). The zero-order chi connectivity index (χ0) is 9.97. The Bertz CT molecular complexity index is 313. The van der Waals surface area contributed by atoms with E-state index in [0.29, 0.717) is 0 Å². The van der Waals surface area contributed by atoms with Crippen LogP contribution >= 0.6 is 11.5 Å². The first-order valence-electron chi connectivity index (χ1n) is 4.55. The molecule has 1 unspecified atom stereocenters. The summed E-state index contributed by atoms with van der Waals surface area (Å²) in [4.78, 5) is 17.4. The highest BCUT2D eigenvalue weighted by Crippen LogP contribution is 2.16. The zero-order valence-corrected chi connectivity index (χ0v) is 8.75. The summed E-state index contributed by atoms with van der Waals surface area (Å²) in [5.74, 6) is 0.145. The number of piperidine rings is 1. The summed E-state index contributed by atoms with van der Waals surface area (Å²) in [5.41, 5.74) is 0. The Balaban J connectivity index is 2.00. The second kappa shape index (κ2) is 3.91. The maximum Gasteiger partial charge on any atom is 0.244 e. The predicted octanol–water partition coefficient (Wildman–Crippen LogP) is 0.571. The molecule has 1 N–H and O–H groups in total. The van der Waals surface area contributed by atoms with Crippen molar-refractivity contribution in [3.8, 4) is 0 Å². The number of nitrogens with one attached hydrogen (secondary N) is 1. The van der Waals surface area contributed by atoms with Crippen molar-refractivity contribution >= 4 is 22.6 Å². The van der Waals surface area contributed by atoms with E-state index in [9.17, 15) is 4.79 Å². The van der Waals surface area contributed by atoms with Gasteiger partial charge in [0.1, 0.15) is 12.4 Å². The quantitative estimate of drug-likeness (QED) is 0.778. The van der Waals surface area contributed by atoms with E-state index in [4.69, 9.17) is 0 Å². The molecule has 0 saturated carbocycles. The lowest BCUT2D eigenvalue weighted by Crippen LogP contribution is -2.45. The van der Waals surface area contributed by atoms with Crippen LogP contribution in [0.2, 0.25) is 0 Å². The largest absolute Gasteiger partial charge is 0.349 e. The van der Waals surface area contributed by atoms with Crippen molar-refractivity contribution in [1.82, 2.24) is 14.3 Å². The molecule has 1 atom stereocenters. The molecule has 76 valence electrons. The average Bonchev–Trinajstić information content (AvgIpc) is 2.66. The van der Waals surface area contributed by atoms with E-state index in [1.54, 1.807) is 4.90 Å². The van der Waals surface area contributed by atoms with Gasteiger partial charge in [-0.25, -0.2) is 4.98 Å². The molecule has 0 radical (unpaired) electrons. The second-order valence-corrected chi connectivity index (χ2v) is 4.13. The van der Waals surface area contributed by atoms with Crippen LogP contribution in [-0.4, -0.2) is 39.8 Å². The van der Waals surface area contributed by atoms with Crippen LogP contribution in [0.3, 0.4) is 0 Å². The first-order valence-corrected chi connectivity index (χ1v) is 5.33. The Morgan fingerprint density at radius 3 is 3.29 bits per heavy atom. The standard InChI is InChI=1S/C8H12N4OS/c1-12-4-2-3-6(7(12)13)11-8-9-5-10-14-8/h5-6H,2-4H2,1H3,(H,9,10,11). The normalized spacial score (nSPS) is 22.5. The molecule has 14 heavy (non-hydrogen) atoms. The maximum atomic E-state index is 11.7. The van der Waals surface area contributed by atoms with Gasteiger partial charge in [0.05, 0.1) is 0 Å². The first kappa shape index (κ1) is 9.39. The van der Waals surface area contributed by atoms with E-state index in [-0.39, 0.29) is 11.9 Å². The topological polar surface area (TPSA) is 58.1 Å². The van der Waals surface area contributed by atoms with Crippen LogP contribution in [0.1, 0.15) is 12.8 Å². The van der Waals surface area contributed by atoms with Gasteiger partial charge in [0, 0.05) is 25.1 Å². The molecule has 5 nitrogen and oxygen atoms in total. The first-order chi connectivity index (χ1) is 6.77. The maximum absolute atomic E-state index is 11.7. The SMILES string of the molecule is CN1CCCC(Nc2ncns2)C1=O. The van der Waals surface area contributed by atoms with Gasteiger partial charge in [-0.2, -0.15) is 4.37 Å². The van der Waals surface area contributed by atoms with E-state index >= 15 is 0 Å². The monoisotopic (exact) mass is 212 g/mol. The molecule has 1 aliphatic heterocycles. The third-order valence-corrected chi connectivity index (χ3v) is 2.92. The van der Waals surface area contributed by atoms with E-state index in [0.717, 1.165) is 24.5 Å². The summed E-state index contributed by atoms with van der Waals surface area (Å²) in [6, 6.07) is -0.123. The minimum atomic E-state index is -0.123. The molecule has 0 aromatic carbocycles. The van der Waals surface area contributed by atoms with Crippen LogP contribution in [0.5, 0.6) is 0 Å². The number of likely N-dealkylation sites (N-methyl/N-ethyl adjacent to an activating group) is 1. The molecule has 0 bridgehead atoms. The fourth-order valence-electron chi connectivity index (χ4n) is 1.55. The molecule has 0 aliphatic carbocycles. The Morgan fingerprint density at radius 1 is 1.71 bits per heavy atom. The fourth-order valence-corrected chi connectivity index (χ4v) is 2.04. The van der Waals surface area contributed by atoms with Gasteiger partial charge in [0.15, 0.2) is 0 Å². The van der Waals surface area contributed by atoms with Crippen molar-refractivity contribution in [3.63, 3.8) is 0 Å². The smallest absolute Gasteiger partial charge is 0.244 e. The molecular formula is C8H12N4OS. The summed E-state index contributed by atoms with van der Waals surface area (Å²) in [5, 5.41) is 3.82. The van der Waals surface area contributed by atoms with Gasteiger partial charge in [-0.05, 0) is 12.8 Å². The van der Waals surface area contributed by atoms with Gasteiger partial charge in [0.25, 0.3) is 0 Å². The molecule has 1 aromatic heterocycles. The van der Waals surface area contributed by atoms with Crippen LogP contribution in [0.4, 0.5) is 5.13 Å². The van der Waals surface area contributed by atoms with E-state index in [2.05, 4.69) is 14.7 Å². The van der Waals surface area contributed by atoms with Gasteiger partial charge >= 0.3 is 0 Å². The average molecular weight is 212 g/mol. The van der Waals surface area contributed by atoms with Crippen molar-refractivity contribution in [1.29, 1.82) is 0 Å². The Kier molecular flexibility index (Phi) is 2.62. The molecular weight excluding hydrogens is 200 g/mol. The number of nitrogens with zero attached hydrogens (tertiary/aromatic N) is 3. The Labute approximate surface area is 86.3 Å². The lowest BCUT2D eigenvalue weighted by Gasteiger charge is -2.29. The van der Waals surface area contributed by atoms with Crippen molar-refractivity contribution in [2.24, 2.45) is 0 Å². The number of hydrogen-bond donors (Lipinski definition) is 1. The van der Waals surface area contributed by atoms with E-state index < -0.39 is 0 Å². The van der Waals surface area contributed by atoms with Crippen molar-refractivity contribution in [3.05, 3.63) is 6.33 Å². The number of likely N-dealkylation sites (tertiary alicyclic amines) is 1. The number of amides is 1. The number of anilines is 1. The molecule has 1 amide bonds. The molecule has 1 aliphatic rings. The summed E-state index contributed by atoms with van der Waals surface area (Å²) >= 11 is 1.28. The fraction of sp³-hybridized carbons (Fsp3) is 0.625. The van der Waals surface area contributed by atoms with Gasteiger partial charge in [0.2, 0.25) is 11.0 Å². The molecule has 0 spiro atoms. The summed E-state index contributed by atoms with van der Waals surface area (Å²) < 4.78 is 3.87. The molecule has 6 heteroatoms. The second-order valence-electron chi connectivity index (χ2n) is 3.35. The number of hydrogen-bond acceptors (Lipinski definition) is 5. The highest BCUT2D eigenvalue weighted by atomic mass is 32.1. The lowest BCUT2D eigenvalue weighted by atomic mass is 10.1. The third kappa shape index (κ3) is 1.84. The van der Waals surface area contributed by atoms with Crippen LogP contribution in [0.15, 0.2) is 6.33 Å². The van der Waals surface area contributed by atoms with E-state index in [1.165, 1.54) is 17.9 Å². The van der Waals surface area contributed by atoms with Gasteiger partial charge < -0.3 is 10.2 Å². The molecule has 1 saturated heterocycles.